The Morgan fingerprint density at radius 1 is 1.28 bits per heavy atom. The van der Waals surface area contributed by atoms with E-state index in [4.69, 9.17) is 17.0 Å². The summed E-state index contributed by atoms with van der Waals surface area (Å²) in [4.78, 5) is 17.8. The number of hydrogen-bond acceptors (Lipinski definition) is 4. The second-order valence-corrected chi connectivity index (χ2v) is 6.56. The van der Waals surface area contributed by atoms with E-state index in [1.54, 1.807) is 25.4 Å². The SMILES string of the molecule is COc1ccc(C(CNC(=O)c2ccc[nH]c2=S)N2CCCC2)cc1. The zero-order valence-corrected chi connectivity index (χ0v) is 15.1. The van der Waals surface area contributed by atoms with Gasteiger partial charge in [0, 0.05) is 12.7 Å². The third-order valence-corrected chi connectivity index (χ3v) is 4.94. The molecular formula is C19H23N3O2S. The molecule has 6 heteroatoms. The standard InChI is InChI=1S/C19H23N3O2S/c1-24-15-8-6-14(7-9-15)17(22-11-2-3-12-22)13-21-18(23)16-5-4-10-20-19(16)25/h4-10,17H,2-3,11-13H2,1H3,(H,20,25)(H,21,23). The number of ether oxygens (including phenoxy) is 1. The van der Waals surface area contributed by atoms with Gasteiger partial charge in [0.2, 0.25) is 0 Å². The fourth-order valence-electron chi connectivity index (χ4n) is 3.22. The normalized spacial score (nSPS) is 15.7. The van der Waals surface area contributed by atoms with Crippen LogP contribution in [0.25, 0.3) is 0 Å². The molecule has 0 aliphatic carbocycles. The summed E-state index contributed by atoms with van der Waals surface area (Å²) in [6.07, 6.45) is 4.12. The van der Waals surface area contributed by atoms with Crippen LogP contribution in [0.5, 0.6) is 5.75 Å². The van der Waals surface area contributed by atoms with E-state index in [1.807, 2.05) is 12.1 Å². The maximum atomic E-state index is 12.5. The molecule has 1 aliphatic rings. The van der Waals surface area contributed by atoms with Crippen molar-refractivity contribution in [2.45, 2.75) is 18.9 Å². The largest absolute Gasteiger partial charge is 0.497 e. The monoisotopic (exact) mass is 357 g/mol. The highest BCUT2D eigenvalue weighted by atomic mass is 32.1. The van der Waals surface area contributed by atoms with Crippen LogP contribution in [0.3, 0.4) is 0 Å². The fraction of sp³-hybridized carbons (Fsp3) is 0.368. The predicted octanol–water partition coefficient (Wildman–Crippen LogP) is 3.32. The van der Waals surface area contributed by atoms with E-state index in [-0.39, 0.29) is 11.9 Å². The third-order valence-electron chi connectivity index (χ3n) is 4.60. The lowest BCUT2D eigenvalue weighted by molar-refractivity contribution is 0.0937. The average molecular weight is 357 g/mol. The molecule has 0 radical (unpaired) electrons. The molecule has 1 atom stereocenters. The molecule has 0 saturated carbocycles. The molecule has 2 heterocycles. The molecule has 2 aromatic rings. The quantitative estimate of drug-likeness (QED) is 0.779. The number of amides is 1. The molecule has 1 aromatic carbocycles. The Balaban J connectivity index is 1.74. The van der Waals surface area contributed by atoms with Crippen molar-refractivity contribution in [3.05, 3.63) is 58.4 Å². The number of benzene rings is 1. The average Bonchev–Trinajstić information content (AvgIpc) is 3.17. The zero-order valence-electron chi connectivity index (χ0n) is 14.3. The first-order chi connectivity index (χ1) is 12.2. The molecule has 1 aliphatic heterocycles. The van der Waals surface area contributed by atoms with Gasteiger partial charge in [-0.05, 0) is 55.8 Å². The van der Waals surface area contributed by atoms with Crippen LogP contribution >= 0.6 is 12.2 Å². The van der Waals surface area contributed by atoms with E-state index in [2.05, 4.69) is 27.3 Å². The van der Waals surface area contributed by atoms with Gasteiger partial charge < -0.3 is 15.0 Å². The Morgan fingerprint density at radius 3 is 2.64 bits per heavy atom. The number of rotatable bonds is 6. The summed E-state index contributed by atoms with van der Waals surface area (Å²) in [6, 6.07) is 11.8. The van der Waals surface area contributed by atoms with Crippen molar-refractivity contribution < 1.29 is 9.53 Å². The molecule has 1 saturated heterocycles. The number of nitrogens with one attached hydrogen (secondary N) is 2. The molecule has 1 unspecified atom stereocenters. The van der Waals surface area contributed by atoms with Crippen molar-refractivity contribution in [3.63, 3.8) is 0 Å². The van der Waals surface area contributed by atoms with Crippen LogP contribution < -0.4 is 10.1 Å². The highest BCUT2D eigenvalue weighted by molar-refractivity contribution is 7.71. The second kappa shape index (κ2) is 8.27. The van der Waals surface area contributed by atoms with Crippen LogP contribution in [0.1, 0.15) is 34.8 Å². The van der Waals surface area contributed by atoms with Crippen LogP contribution in [0.2, 0.25) is 0 Å². The fourth-order valence-corrected chi connectivity index (χ4v) is 3.45. The van der Waals surface area contributed by atoms with Crippen molar-refractivity contribution in [3.8, 4) is 5.75 Å². The summed E-state index contributed by atoms with van der Waals surface area (Å²) in [6.45, 7) is 2.66. The van der Waals surface area contributed by atoms with Crippen molar-refractivity contribution in [1.29, 1.82) is 0 Å². The number of aromatic nitrogens is 1. The highest BCUT2D eigenvalue weighted by Crippen LogP contribution is 2.26. The van der Waals surface area contributed by atoms with E-state index in [9.17, 15) is 4.79 Å². The van der Waals surface area contributed by atoms with Gasteiger partial charge >= 0.3 is 0 Å². The number of methoxy groups -OCH3 is 1. The van der Waals surface area contributed by atoms with Gasteiger partial charge in [0.1, 0.15) is 10.4 Å². The van der Waals surface area contributed by atoms with Gasteiger partial charge in [-0.25, -0.2) is 0 Å². The number of likely N-dealkylation sites (tertiary alicyclic amines) is 1. The van der Waals surface area contributed by atoms with E-state index >= 15 is 0 Å². The molecule has 5 nitrogen and oxygen atoms in total. The van der Waals surface area contributed by atoms with E-state index in [0.29, 0.717) is 16.7 Å². The lowest BCUT2D eigenvalue weighted by Gasteiger charge is -2.28. The Morgan fingerprint density at radius 2 is 2.00 bits per heavy atom. The van der Waals surface area contributed by atoms with Gasteiger partial charge in [0.05, 0.1) is 18.7 Å². The Bertz CT molecular complexity index is 767. The van der Waals surface area contributed by atoms with Gasteiger partial charge in [-0.15, -0.1) is 0 Å². The minimum absolute atomic E-state index is 0.139. The molecule has 0 bridgehead atoms. The van der Waals surface area contributed by atoms with Crippen LogP contribution in [0, 0.1) is 4.64 Å². The Labute approximate surface area is 153 Å². The van der Waals surface area contributed by atoms with Gasteiger partial charge in [-0.1, -0.05) is 24.4 Å². The van der Waals surface area contributed by atoms with Gasteiger partial charge in [0.25, 0.3) is 5.91 Å². The highest BCUT2D eigenvalue weighted by Gasteiger charge is 2.24. The van der Waals surface area contributed by atoms with E-state index in [1.165, 1.54) is 18.4 Å². The van der Waals surface area contributed by atoms with Crippen molar-refractivity contribution in [1.82, 2.24) is 15.2 Å². The molecule has 132 valence electrons. The topological polar surface area (TPSA) is 57.4 Å². The van der Waals surface area contributed by atoms with Crippen molar-refractivity contribution in [2.75, 3.05) is 26.7 Å². The summed E-state index contributed by atoms with van der Waals surface area (Å²) in [5.41, 5.74) is 1.69. The Kier molecular flexibility index (Phi) is 5.83. The van der Waals surface area contributed by atoms with Crippen LogP contribution in [0.15, 0.2) is 42.6 Å². The summed E-state index contributed by atoms with van der Waals surface area (Å²) in [7, 11) is 1.66. The van der Waals surface area contributed by atoms with Crippen LogP contribution in [-0.2, 0) is 0 Å². The Hall–Kier alpha value is -2.18. The minimum Gasteiger partial charge on any atom is -0.497 e. The molecule has 25 heavy (non-hydrogen) atoms. The number of carbonyl (C=O) groups is 1. The van der Waals surface area contributed by atoms with E-state index < -0.39 is 0 Å². The smallest absolute Gasteiger partial charge is 0.254 e. The summed E-state index contributed by atoms with van der Waals surface area (Å²) < 4.78 is 5.71. The van der Waals surface area contributed by atoms with E-state index in [0.717, 1.165) is 18.8 Å². The zero-order chi connectivity index (χ0) is 17.6. The first-order valence-electron chi connectivity index (χ1n) is 8.53. The molecular weight excluding hydrogens is 334 g/mol. The first-order valence-corrected chi connectivity index (χ1v) is 8.94. The second-order valence-electron chi connectivity index (χ2n) is 6.15. The number of carbonyl (C=O) groups excluding carboxylic acids is 1. The predicted molar refractivity (Wildman–Crippen MR) is 101 cm³/mol. The molecule has 1 amide bonds. The lowest BCUT2D eigenvalue weighted by atomic mass is 10.0. The maximum Gasteiger partial charge on any atom is 0.254 e. The number of pyridine rings is 1. The number of aromatic amines is 1. The molecule has 1 aromatic heterocycles. The number of hydrogen-bond donors (Lipinski definition) is 2. The third kappa shape index (κ3) is 4.27. The van der Waals surface area contributed by atoms with Crippen molar-refractivity contribution in [2.24, 2.45) is 0 Å². The summed E-state index contributed by atoms with van der Waals surface area (Å²) in [5, 5.41) is 3.05. The molecule has 1 fully saturated rings. The van der Waals surface area contributed by atoms with Crippen LogP contribution in [0.4, 0.5) is 0 Å². The molecule has 3 rings (SSSR count). The maximum absolute atomic E-state index is 12.5. The van der Waals surface area contributed by atoms with Crippen molar-refractivity contribution >= 4 is 18.1 Å². The molecule has 0 spiro atoms. The summed E-state index contributed by atoms with van der Waals surface area (Å²) in [5.74, 6) is 0.697. The molecule has 2 N–H and O–H groups in total. The summed E-state index contributed by atoms with van der Waals surface area (Å²) >= 11 is 5.20. The van der Waals surface area contributed by atoms with Gasteiger partial charge in [-0.3, -0.25) is 9.69 Å². The van der Waals surface area contributed by atoms with Crippen LogP contribution in [-0.4, -0.2) is 42.5 Å². The first kappa shape index (κ1) is 17.6. The van der Waals surface area contributed by atoms with Gasteiger partial charge in [-0.2, -0.15) is 0 Å². The number of nitrogens with zero attached hydrogens (tertiary/aromatic N) is 1. The van der Waals surface area contributed by atoms with Gasteiger partial charge in [0.15, 0.2) is 0 Å². The minimum atomic E-state index is -0.139. The lowest BCUT2D eigenvalue weighted by Crippen LogP contribution is -2.36. The number of H-pyrrole nitrogens is 1.